The van der Waals surface area contributed by atoms with Gasteiger partial charge in [-0.3, -0.25) is 4.79 Å². The Morgan fingerprint density at radius 2 is 2.14 bits per heavy atom. The molecule has 3 unspecified atom stereocenters. The lowest BCUT2D eigenvalue weighted by molar-refractivity contribution is -0.174. The molecule has 0 bridgehead atoms. The van der Waals surface area contributed by atoms with Crippen molar-refractivity contribution in [2.75, 3.05) is 6.54 Å². The van der Waals surface area contributed by atoms with Gasteiger partial charge in [0.15, 0.2) is 0 Å². The van der Waals surface area contributed by atoms with E-state index >= 15 is 0 Å². The summed E-state index contributed by atoms with van der Waals surface area (Å²) in [5.41, 5.74) is 2.21. The molecule has 1 aromatic rings. The quantitative estimate of drug-likeness (QED) is 0.901. The molecule has 0 aromatic heterocycles. The Kier molecular flexibility index (Phi) is 5.11. The first-order valence-electron chi connectivity index (χ1n) is 7.49. The molecule has 6 heteroatoms. The topological polar surface area (TPSA) is 41.1 Å². The average molecular weight is 314 g/mol. The van der Waals surface area contributed by atoms with Gasteiger partial charge < -0.3 is 10.6 Å². The van der Waals surface area contributed by atoms with Crippen LogP contribution in [0.15, 0.2) is 24.3 Å². The van der Waals surface area contributed by atoms with E-state index in [9.17, 15) is 18.0 Å². The van der Waals surface area contributed by atoms with Crippen molar-refractivity contribution in [3.63, 3.8) is 0 Å². The van der Waals surface area contributed by atoms with E-state index in [1.807, 2.05) is 38.1 Å². The number of aryl methyl sites for hydroxylation is 1. The molecule has 1 aliphatic heterocycles. The summed E-state index contributed by atoms with van der Waals surface area (Å²) in [5.74, 6) is -1.76. The number of hydrogen-bond donors (Lipinski definition) is 2. The third-order valence-corrected chi connectivity index (χ3v) is 4.18. The van der Waals surface area contributed by atoms with Gasteiger partial charge in [0.2, 0.25) is 0 Å². The Morgan fingerprint density at radius 1 is 1.41 bits per heavy atom. The summed E-state index contributed by atoms with van der Waals surface area (Å²) in [6, 6.07) is 7.30. The predicted molar refractivity (Wildman–Crippen MR) is 78.6 cm³/mol. The Hall–Kier alpha value is -1.56. The molecule has 1 fully saturated rings. The highest BCUT2D eigenvalue weighted by Crippen LogP contribution is 2.28. The molecule has 0 saturated carbocycles. The molecular formula is C16H21F3N2O. The Bertz CT molecular complexity index is 530. The van der Waals surface area contributed by atoms with Crippen LogP contribution in [-0.4, -0.2) is 30.7 Å². The largest absolute Gasteiger partial charge is 0.471 e. The SMILES string of the molecule is CCC1NCC(c2cccc(C)c2)CC1NC(=O)C(F)(F)F. The van der Waals surface area contributed by atoms with Crippen LogP contribution in [0.3, 0.4) is 0 Å². The fourth-order valence-corrected chi connectivity index (χ4v) is 3.01. The summed E-state index contributed by atoms with van der Waals surface area (Å²) < 4.78 is 37.4. The van der Waals surface area contributed by atoms with Crippen molar-refractivity contribution in [3.8, 4) is 0 Å². The molecule has 1 heterocycles. The van der Waals surface area contributed by atoms with Gasteiger partial charge in [0.25, 0.3) is 0 Å². The van der Waals surface area contributed by atoms with Crippen LogP contribution < -0.4 is 10.6 Å². The normalized spacial score (nSPS) is 25.8. The maximum absolute atomic E-state index is 12.5. The number of amides is 1. The summed E-state index contributed by atoms with van der Waals surface area (Å²) in [7, 11) is 0. The van der Waals surface area contributed by atoms with Crippen LogP contribution in [0.1, 0.15) is 36.8 Å². The molecule has 1 aliphatic rings. The third-order valence-electron chi connectivity index (χ3n) is 4.18. The molecule has 3 nitrogen and oxygen atoms in total. The first kappa shape index (κ1) is 16.8. The average Bonchev–Trinajstić information content (AvgIpc) is 2.46. The fraction of sp³-hybridized carbons (Fsp3) is 0.562. The number of halogens is 3. The van der Waals surface area contributed by atoms with Gasteiger partial charge in [-0.2, -0.15) is 13.2 Å². The lowest BCUT2D eigenvalue weighted by Gasteiger charge is -2.37. The maximum atomic E-state index is 12.5. The van der Waals surface area contributed by atoms with Gasteiger partial charge in [-0.25, -0.2) is 0 Å². The molecule has 22 heavy (non-hydrogen) atoms. The van der Waals surface area contributed by atoms with Crippen molar-refractivity contribution < 1.29 is 18.0 Å². The van der Waals surface area contributed by atoms with E-state index in [2.05, 4.69) is 10.6 Å². The summed E-state index contributed by atoms with van der Waals surface area (Å²) in [6.07, 6.45) is -3.66. The minimum atomic E-state index is -4.84. The molecule has 0 aliphatic carbocycles. The monoisotopic (exact) mass is 314 g/mol. The van der Waals surface area contributed by atoms with Crippen LogP contribution in [0.4, 0.5) is 13.2 Å². The molecule has 2 rings (SSSR count). The predicted octanol–water partition coefficient (Wildman–Crippen LogP) is 2.90. The number of hydrogen-bond acceptors (Lipinski definition) is 2. The van der Waals surface area contributed by atoms with E-state index in [0.717, 1.165) is 11.1 Å². The molecule has 1 saturated heterocycles. The maximum Gasteiger partial charge on any atom is 0.471 e. The molecule has 0 radical (unpaired) electrons. The molecular weight excluding hydrogens is 293 g/mol. The summed E-state index contributed by atoms with van der Waals surface area (Å²) in [6.45, 7) is 4.59. The highest BCUT2D eigenvalue weighted by Gasteiger charge is 2.42. The summed E-state index contributed by atoms with van der Waals surface area (Å²) >= 11 is 0. The second kappa shape index (κ2) is 6.69. The van der Waals surface area contributed by atoms with Gasteiger partial charge in [0.05, 0.1) is 0 Å². The van der Waals surface area contributed by atoms with Crippen molar-refractivity contribution >= 4 is 5.91 Å². The highest BCUT2D eigenvalue weighted by atomic mass is 19.4. The zero-order valence-electron chi connectivity index (χ0n) is 12.7. The standard InChI is InChI=1S/C16H21F3N2O/c1-3-13-14(21-15(22)16(17,18)19)8-12(9-20-13)11-6-4-5-10(2)7-11/h4-7,12-14,20H,3,8-9H2,1-2H3,(H,21,22). The lowest BCUT2D eigenvalue weighted by atomic mass is 9.84. The van der Waals surface area contributed by atoms with Crippen molar-refractivity contribution in [2.45, 2.75) is 50.9 Å². The zero-order chi connectivity index (χ0) is 16.3. The molecule has 3 atom stereocenters. The van der Waals surface area contributed by atoms with E-state index in [1.54, 1.807) is 0 Å². The second-order valence-electron chi connectivity index (χ2n) is 5.85. The van der Waals surface area contributed by atoms with Crippen molar-refractivity contribution in [1.29, 1.82) is 0 Å². The van der Waals surface area contributed by atoms with Gasteiger partial charge in [-0.15, -0.1) is 0 Å². The molecule has 122 valence electrons. The molecule has 1 aromatic carbocycles. The van der Waals surface area contributed by atoms with Crippen LogP contribution in [0.5, 0.6) is 0 Å². The van der Waals surface area contributed by atoms with Gasteiger partial charge >= 0.3 is 12.1 Å². The van der Waals surface area contributed by atoms with E-state index in [0.29, 0.717) is 19.4 Å². The number of rotatable bonds is 3. The first-order chi connectivity index (χ1) is 10.3. The smallest absolute Gasteiger partial charge is 0.344 e. The number of piperidine rings is 1. The van der Waals surface area contributed by atoms with E-state index in [4.69, 9.17) is 0 Å². The summed E-state index contributed by atoms with van der Waals surface area (Å²) in [4.78, 5) is 11.2. The minimum Gasteiger partial charge on any atom is -0.344 e. The van der Waals surface area contributed by atoms with Crippen molar-refractivity contribution in [1.82, 2.24) is 10.6 Å². The van der Waals surface area contributed by atoms with Crippen LogP contribution in [0.25, 0.3) is 0 Å². The van der Waals surface area contributed by atoms with Gasteiger partial charge in [-0.05, 0) is 31.2 Å². The zero-order valence-corrected chi connectivity index (χ0v) is 12.7. The summed E-state index contributed by atoms with van der Waals surface area (Å²) in [5, 5.41) is 5.41. The number of carbonyl (C=O) groups is 1. The Balaban J connectivity index is 2.11. The Morgan fingerprint density at radius 3 is 2.73 bits per heavy atom. The van der Waals surface area contributed by atoms with E-state index in [-0.39, 0.29) is 12.0 Å². The van der Waals surface area contributed by atoms with Crippen molar-refractivity contribution in [3.05, 3.63) is 35.4 Å². The lowest BCUT2D eigenvalue weighted by Crippen LogP contribution is -2.57. The van der Waals surface area contributed by atoms with Crippen LogP contribution in [-0.2, 0) is 4.79 Å². The number of alkyl halides is 3. The number of nitrogens with one attached hydrogen (secondary N) is 2. The first-order valence-corrected chi connectivity index (χ1v) is 7.49. The van der Waals surface area contributed by atoms with Gasteiger partial charge in [0.1, 0.15) is 0 Å². The van der Waals surface area contributed by atoms with Crippen LogP contribution in [0, 0.1) is 6.92 Å². The Labute approximate surface area is 128 Å². The molecule has 1 amide bonds. The van der Waals surface area contributed by atoms with Gasteiger partial charge in [-0.1, -0.05) is 36.8 Å². The molecule has 2 N–H and O–H groups in total. The van der Waals surface area contributed by atoms with Crippen LogP contribution in [0.2, 0.25) is 0 Å². The highest BCUT2D eigenvalue weighted by molar-refractivity contribution is 5.82. The van der Waals surface area contributed by atoms with E-state index in [1.165, 1.54) is 0 Å². The minimum absolute atomic E-state index is 0.0984. The second-order valence-corrected chi connectivity index (χ2v) is 5.85. The third kappa shape index (κ3) is 4.00. The number of benzene rings is 1. The number of carbonyl (C=O) groups excluding carboxylic acids is 1. The van der Waals surface area contributed by atoms with Gasteiger partial charge in [0, 0.05) is 18.6 Å². The molecule has 0 spiro atoms. The van der Waals surface area contributed by atoms with Crippen LogP contribution >= 0.6 is 0 Å². The van der Waals surface area contributed by atoms with Crippen molar-refractivity contribution in [2.24, 2.45) is 0 Å². The fourth-order valence-electron chi connectivity index (χ4n) is 3.01. The van der Waals surface area contributed by atoms with E-state index < -0.39 is 18.1 Å².